The molecule has 2 amide bonds. The Bertz CT molecular complexity index is 1490. The summed E-state index contributed by atoms with van der Waals surface area (Å²) < 4.78 is 5.84. The van der Waals surface area contributed by atoms with Gasteiger partial charge in [0.05, 0.1) is 6.04 Å². The first-order chi connectivity index (χ1) is 24.3. The second-order valence-electron chi connectivity index (χ2n) is 16.0. The molecule has 2 bridgehead atoms. The number of hydrogen-bond acceptors (Lipinski definition) is 10. The summed E-state index contributed by atoms with van der Waals surface area (Å²) in [7, 11) is 1.83. The molecule has 5 heterocycles. The van der Waals surface area contributed by atoms with E-state index in [4.69, 9.17) is 4.74 Å². The van der Waals surface area contributed by atoms with E-state index < -0.39 is 12.1 Å². The molecular formula is C39H58N6O5S. The number of thiazole rings is 1. The molecule has 51 heavy (non-hydrogen) atoms. The predicted octanol–water partition coefficient (Wildman–Crippen LogP) is 5.90. The van der Waals surface area contributed by atoms with E-state index in [1.807, 2.05) is 7.05 Å². The van der Waals surface area contributed by atoms with Gasteiger partial charge in [-0.25, -0.2) is 15.0 Å². The predicted molar refractivity (Wildman–Crippen MR) is 197 cm³/mol. The monoisotopic (exact) mass is 722 g/mol. The van der Waals surface area contributed by atoms with Crippen LogP contribution in [0.15, 0.2) is 23.8 Å². The van der Waals surface area contributed by atoms with Crippen LogP contribution in [0.5, 0.6) is 0 Å². The standard InChI is InChI=1S/C39H58N6O5S/c1-23(2)17-29(19-36-40-13-8-14-41-36)42-37(48)31-22-51-38(43-31)35(50-26(6)46)21-32(24(3)4)44(7)39(49)30(25(5)28-9-10-28)20-34(47)33-18-27-11-15-45(33)16-12-27/h8,13-14,22-25,27-30,32-33,35H,9-12,15-21H2,1-7H3,(H,42,48)/t25-,29+,30-,32+,33+,35+/m0/s1. The van der Waals surface area contributed by atoms with Crippen molar-refractivity contribution < 1.29 is 23.9 Å². The van der Waals surface area contributed by atoms with Crippen LogP contribution < -0.4 is 5.32 Å². The van der Waals surface area contributed by atoms with Crippen LogP contribution in [0.2, 0.25) is 0 Å². The molecule has 1 aliphatic carbocycles. The Kier molecular flexibility index (Phi) is 13.4. The van der Waals surface area contributed by atoms with Gasteiger partial charge in [0.25, 0.3) is 5.91 Å². The Balaban J connectivity index is 1.30. The number of hydrogen-bond donors (Lipinski definition) is 1. The van der Waals surface area contributed by atoms with Gasteiger partial charge >= 0.3 is 5.97 Å². The Morgan fingerprint density at radius 3 is 2.27 bits per heavy atom. The van der Waals surface area contributed by atoms with Crippen molar-refractivity contribution in [3.05, 3.63) is 40.4 Å². The van der Waals surface area contributed by atoms with Crippen LogP contribution in [0.25, 0.3) is 0 Å². The van der Waals surface area contributed by atoms with Crippen molar-refractivity contribution in [1.29, 1.82) is 0 Å². The van der Waals surface area contributed by atoms with Crippen LogP contribution in [0, 0.1) is 35.5 Å². The molecule has 1 N–H and O–H groups in total. The molecule has 4 fully saturated rings. The minimum Gasteiger partial charge on any atom is -0.455 e. The molecule has 0 aromatic carbocycles. The number of amides is 2. The molecule has 0 unspecified atom stereocenters. The maximum Gasteiger partial charge on any atom is 0.303 e. The summed E-state index contributed by atoms with van der Waals surface area (Å²) in [5.74, 6) is 1.27. The van der Waals surface area contributed by atoms with Crippen LogP contribution in [0.4, 0.5) is 0 Å². The van der Waals surface area contributed by atoms with Crippen molar-refractivity contribution in [1.82, 2.24) is 30.1 Å². The van der Waals surface area contributed by atoms with Gasteiger partial charge in [-0.05, 0) is 87.3 Å². The molecule has 2 aromatic rings. The summed E-state index contributed by atoms with van der Waals surface area (Å²) in [5, 5.41) is 5.32. The number of ether oxygens (including phenoxy) is 1. The molecule has 3 saturated heterocycles. The lowest BCUT2D eigenvalue weighted by Crippen LogP contribution is -2.53. The van der Waals surface area contributed by atoms with E-state index >= 15 is 0 Å². The third-order valence-electron chi connectivity index (χ3n) is 11.3. The van der Waals surface area contributed by atoms with Gasteiger partial charge in [-0.3, -0.25) is 24.1 Å². The molecule has 0 radical (unpaired) electrons. The fraction of sp³-hybridized carbons (Fsp3) is 0.718. The van der Waals surface area contributed by atoms with Crippen LogP contribution in [0.3, 0.4) is 0 Å². The largest absolute Gasteiger partial charge is 0.455 e. The number of carbonyl (C=O) groups is 4. The topological polar surface area (TPSA) is 135 Å². The molecule has 2 aromatic heterocycles. The van der Waals surface area contributed by atoms with Gasteiger partial charge in [0.15, 0.2) is 11.9 Å². The number of Topliss-reactive ketones (excluding diaryl/α,β-unsaturated/α-hetero) is 1. The highest BCUT2D eigenvalue weighted by Gasteiger charge is 2.44. The highest BCUT2D eigenvalue weighted by atomic mass is 32.1. The van der Waals surface area contributed by atoms with Crippen LogP contribution in [-0.2, 0) is 25.5 Å². The third-order valence-corrected chi connectivity index (χ3v) is 12.2. The van der Waals surface area contributed by atoms with Crippen molar-refractivity contribution in [3.8, 4) is 0 Å². The molecule has 3 aliphatic heterocycles. The smallest absolute Gasteiger partial charge is 0.303 e. The van der Waals surface area contributed by atoms with Gasteiger partial charge in [0.1, 0.15) is 16.5 Å². The second kappa shape index (κ2) is 17.5. The Hall–Kier alpha value is -3.25. The van der Waals surface area contributed by atoms with E-state index in [0.29, 0.717) is 41.4 Å². The van der Waals surface area contributed by atoms with E-state index in [1.165, 1.54) is 31.1 Å². The van der Waals surface area contributed by atoms with Crippen LogP contribution >= 0.6 is 11.3 Å². The normalized spacial score (nSPS) is 23.0. The molecule has 280 valence electrons. The average molecular weight is 723 g/mol. The Morgan fingerprint density at radius 2 is 1.71 bits per heavy atom. The van der Waals surface area contributed by atoms with E-state index in [-0.39, 0.29) is 65.6 Å². The first-order valence-corrected chi connectivity index (χ1v) is 19.9. The minimum atomic E-state index is -0.743. The Labute approximate surface area is 307 Å². The number of esters is 1. The van der Waals surface area contributed by atoms with Gasteiger partial charge in [0.2, 0.25) is 5.91 Å². The molecular weight excluding hydrogens is 665 g/mol. The van der Waals surface area contributed by atoms with Crippen molar-refractivity contribution in [3.63, 3.8) is 0 Å². The summed E-state index contributed by atoms with van der Waals surface area (Å²) in [5.41, 5.74) is 0.254. The molecule has 12 heteroatoms. The van der Waals surface area contributed by atoms with Gasteiger partial charge in [-0.2, -0.15) is 0 Å². The number of piperidine rings is 3. The maximum atomic E-state index is 14.5. The van der Waals surface area contributed by atoms with Gasteiger partial charge in [-0.15, -0.1) is 11.3 Å². The minimum absolute atomic E-state index is 0.0169. The highest BCUT2D eigenvalue weighted by molar-refractivity contribution is 7.09. The molecule has 1 saturated carbocycles. The number of nitrogens with one attached hydrogen (secondary N) is 1. The summed E-state index contributed by atoms with van der Waals surface area (Å²) >= 11 is 1.27. The van der Waals surface area contributed by atoms with E-state index in [9.17, 15) is 19.2 Å². The van der Waals surface area contributed by atoms with Crippen LogP contribution in [0.1, 0.15) is 120 Å². The van der Waals surface area contributed by atoms with Crippen molar-refractivity contribution in [2.45, 2.75) is 124 Å². The molecule has 11 nitrogen and oxygen atoms in total. The lowest BCUT2D eigenvalue weighted by Gasteiger charge is -2.45. The maximum absolute atomic E-state index is 14.5. The van der Waals surface area contributed by atoms with Crippen molar-refractivity contribution in [2.75, 3.05) is 20.1 Å². The van der Waals surface area contributed by atoms with E-state index in [2.05, 4.69) is 59.8 Å². The molecule has 4 aliphatic rings. The highest BCUT2D eigenvalue weighted by Crippen LogP contribution is 2.43. The van der Waals surface area contributed by atoms with Gasteiger partial charge in [0, 0.05) is 69.0 Å². The molecule has 0 spiro atoms. The number of nitrogens with zero attached hydrogens (tertiary/aromatic N) is 5. The SMILES string of the molecule is CC(=O)O[C@H](C[C@H](C(C)C)N(C)C(=O)[C@@H](CC(=O)[C@H]1CC2CCN1CC2)[C@@H](C)C1CC1)c1nc(C(=O)N[C@@H](Cc2ncccn2)CC(C)C)cs1. The third kappa shape index (κ3) is 10.4. The summed E-state index contributed by atoms with van der Waals surface area (Å²) in [4.78, 5) is 71.6. The summed E-state index contributed by atoms with van der Waals surface area (Å²) in [6.45, 7) is 13.8. The lowest BCUT2D eigenvalue weighted by atomic mass is 9.77. The zero-order valence-corrected chi connectivity index (χ0v) is 32.4. The zero-order chi connectivity index (χ0) is 36.8. The summed E-state index contributed by atoms with van der Waals surface area (Å²) in [6.07, 6.45) is 9.94. The quantitative estimate of drug-likeness (QED) is 0.187. The lowest BCUT2D eigenvalue weighted by molar-refractivity contribution is -0.149. The van der Waals surface area contributed by atoms with Crippen molar-refractivity contribution in [2.24, 2.45) is 35.5 Å². The number of fused-ring (bicyclic) bond motifs is 3. The fourth-order valence-corrected chi connectivity index (χ4v) is 9.08. The number of carbonyl (C=O) groups excluding carboxylic acids is 4. The number of ketones is 1. The fourth-order valence-electron chi connectivity index (χ4n) is 8.24. The van der Waals surface area contributed by atoms with Gasteiger partial charge in [-0.1, -0.05) is 34.6 Å². The van der Waals surface area contributed by atoms with Crippen LogP contribution in [-0.4, -0.2) is 86.6 Å². The van der Waals surface area contributed by atoms with Crippen molar-refractivity contribution >= 4 is 34.9 Å². The molecule has 6 atom stereocenters. The van der Waals surface area contributed by atoms with Gasteiger partial charge < -0.3 is 15.0 Å². The zero-order valence-electron chi connectivity index (χ0n) is 31.5. The first-order valence-electron chi connectivity index (χ1n) is 19.0. The average Bonchev–Trinajstić information content (AvgIpc) is 3.83. The number of aromatic nitrogens is 3. The van der Waals surface area contributed by atoms with E-state index in [0.717, 1.165) is 38.8 Å². The number of rotatable bonds is 18. The second-order valence-corrected chi connectivity index (χ2v) is 16.9. The summed E-state index contributed by atoms with van der Waals surface area (Å²) in [6, 6.07) is 1.23. The van der Waals surface area contributed by atoms with E-state index in [1.54, 1.807) is 28.7 Å². The Morgan fingerprint density at radius 1 is 1.02 bits per heavy atom. The first kappa shape index (κ1) is 39.0. The molecule has 6 rings (SSSR count).